The monoisotopic (exact) mass is 485 g/mol. The predicted octanol–water partition coefficient (Wildman–Crippen LogP) is 5.34. The van der Waals surface area contributed by atoms with Crippen molar-refractivity contribution in [1.82, 2.24) is 4.98 Å². The summed E-state index contributed by atoms with van der Waals surface area (Å²) in [5.74, 6) is -0.951. The number of carbonyl (C=O) groups is 2. The topological polar surface area (TPSA) is 83.0 Å². The van der Waals surface area contributed by atoms with Gasteiger partial charge < -0.3 is 14.7 Å². The molecule has 1 amide bonds. The zero-order valence-corrected chi connectivity index (χ0v) is 20.8. The fraction of sp³-hybridized carbons (Fsp3) is 0.276. The van der Waals surface area contributed by atoms with E-state index in [0.29, 0.717) is 29.2 Å². The van der Waals surface area contributed by atoms with Gasteiger partial charge in [-0.1, -0.05) is 19.8 Å². The Morgan fingerprint density at radius 3 is 2.25 bits per heavy atom. The largest absolute Gasteiger partial charge is 0.507 e. The number of ketones is 1. The Morgan fingerprint density at radius 1 is 0.972 bits per heavy atom. The van der Waals surface area contributed by atoms with Crippen LogP contribution in [0.15, 0.2) is 78.6 Å². The summed E-state index contributed by atoms with van der Waals surface area (Å²) in [5, 5.41) is 11.3. The highest BCUT2D eigenvalue weighted by atomic mass is 16.5. The van der Waals surface area contributed by atoms with Gasteiger partial charge in [-0.15, -0.1) is 0 Å². The number of carbonyl (C=O) groups excluding carboxylic acids is 2. The second kappa shape index (κ2) is 11.1. The van der Waals surface area contributed by atoms with Gasteiger partial charge in [0.1, 0.15) is 11.5 Å². The first kappa shape index (κ1) is 25.0. The molecule has 0 spiro atoms. The minimum atomic E-state index is -0.789. The summed E-state index contributed by atoms with van der Waals surface area (Å²) in [6.45, 7) is 2.76. The number of anilines is 2. The van der Waals surface area contributed by atoms with Gasteiger partial charge in [-0.2, -0.15) is 0 Å². The minimum Gasteiger partial charge on any atom is -0.507 e. The number of hydrogen-bond acceptors (Lipinski definition) is 6. The van der Waals surface area contributed by atoms with E-state index >= 15 is 0 Å². The van der Waals surface area contributed by atoms with E-state index < -0.39 is 17.7 Å². The first-order valence-corrected chi connectivity index (χ1v) is 12.1. The lowest BCUT2D eigenvalue weighted by Gasteiger charge is -2.26. The molecule has 0 aliphatic carbocycles. The van der Waals surface area contributed by atoms with Gasteiger partial charge in [0.15, 0.2) is 0 Å². The maximum atomic E-state index is 13.3. The number of aromatic nitrogens is 1. The quantitative estimate of drug-likeness (QED) is 0.191. The van der Waals surface area contributed by atoms with Crippen molar-refractivity contribution in [2.24, 2.45) is 0 Å². The number of nitrogens with zero attached hydrogens (tertiary/aromatic N) is 3. The second-order valence-corrected chi connectivity index (χ2v) is 8.94. The molecule has 0 bridgehead atoms. The summed E-state index contributed by atoms with van der Waals surface area (Å²) in [5.41, 5.74) is 2.70. The Bertz CT molecular complexity index is 1240. The normalized spacial score (nSPS) is 16.9. The molecule has 2 heterocycles. The summed E-state index contributed by atoms with van der Waals surface area (Å²) in [7, 11) is 3.86. The second-order valence-electron chi connectivity index (χ2n) is 8.94. The minimum absolute atomic E-state index is 0.0412. The molecule has 4 rings (SSSR count). The predicted molar refractivity (Wildman–Crippen MR) is 141 cm³/mol. The first-order valence-electron chi connectivity index (χ1n) is 12.1. The third-order valence-electron chi connectivity index (χ3n) is 6.25. The van der Waals surface area contributed by atoms with Crippen LogP contribution in [0.1, 0.15) is 43.4 Å². The van der Waals surface area contributed by atoms with Crippen LogP contribution < -0.4 is 14.5 Å². The lowest BCUT2D eigenvalue weighted by Crippen LogP contribution is -2.29. The van der Waals surface area contributed by atoms with Crippen molar-refractivity contribution in [2.45, 2.75) is 32.2 Å². The van der Waals surface area contributed by atoms with Crippen molar-refractivity contribution in [3.05, 3.63) is 89.8 Å². The van der Waals surface area contributed by atoms with Crippen molar-refractivity contribution < 1.29 is 19.4 Å². The number of Topliss-reactive ketones (excluding diaryl/α,β-unsaturated/α-hetero) is 1. The number of aliphatic hydroxyl groups excluding tert-OH is 1. The molecule has 3 aromatic rings. The number of aliphatic hydroxyl groups is 1. The van der Waals surface area contributed by atoms with Crippen LogP contribution in [0.2, 0.25) is 0 Å². The molecular formula is C29H31N3O4. The Hall–Kier alpha value is -4.13. The third-order valence-corrected chi connectivity index (χ3v) is 6.25. The van der Waals surface area contributed by atoms with Gasteiger partial charge >= 0.3 is 0 Å². The molecule has 1 saturated heterocycles. The number of amides is 1. The molecule has 1 atom stereocenters. The van der Waals surface area contributed by atoms with Crippen molar-refractivity contribution in [3.63, 3.8) is 0 Å². The molecule has 0 saturated carbocycles. The van der Waals surface area contributed by atoms with Crippen molar-refractivity contribution >= 4 is 28.8 Å². The summed E-state index contributed by atoms with van der Waals surface area (Å²) < 4.78 is 5.76. The van der Waals surface area contributed by atoms with Crippen LogP contribution in [0.3, 0.4) is 0 Å². The van der Waals surface area contributed by atoms with Crippen molar-refractivity contribution in [3.8, 4) is 5.75 Å². The molecule has 1 aromatic heterocycles. The van der Waals surface area contributed by atoms with Crippen LogP contribution in [-0.4, -0.2) is 42.5 Å². The Labute approximate surface area is 211 Å². The molecule has 1 aliphatic heterocycles. The standard InChI is InChI=1S/C29H31N3O4/c1-4-5-6-19-36-24-13-7-21(8-14-24)27(33)25-26(20-15-17-30-18-16-20)32(29(35)28(25)34)23-11-9-22(10-12-23)31(2)3/h7-18,26,33H,4-6,19H2,1-3H3/b27-25+. The zero-order valence-electron chi connectivity index (χ0n) is 20.8. The van der Waals surface area contributed by atoms with Crippen LogP contribution >= 0.6 is 0 Å². The highest BCUT2D eigenvalue weighted by molar-refractivity contribution is 6.51. The van der Waals surface area contributed by atoms with E-state index in [0.717, 1.165) is 24.9 Å². The van der Waals surface area contributed by atoms with Crippen LogP contribution in [0, 0.1) is 0 Å². The highest BCUT2D eigenvalue weighted by Gasteiger charge is 2.46. The molecule has 0 radical (unpaired) electrons. The fourth-order valence-corrected chi connectivity index (χ4v) is 4.28. The lowest BCUT2D eigenvalue weighted by molar-refractivity contribution is -0.132. The Balaban J connectivity index is 1.73. The van der Waals surface area contributed by atoms with E-state index in [2.05, 4.69) is 11.9 Å². The molecule has 186 valence electrons. The molecule has 1 aliphatic rings. The Kier molecular flexibility index (Phi) is 7.68. The maximum absolute atomic E-state index is 13.3. The van der Waals surface area contributed by atoms with E-state index in [-0.39, 0.29) is 11.3 Å². The summed E-state index contributed by atoms with van der Waals surface area (Å²) in [6, 6.07) is 17.0. The lowest BCUT2D eigenvalue weighted by atomic mass is 9.95. The number of ether oxygens (including phenoxy) is 1. The molecule has 7 heteroatoms. The highest BCUT2D eigenvalue weighted by Crippen LogP contribution is 2.42. The van der Waals surface area contributed by atoms with E-state index in [4.69, 9.17) is 4.74 Å². The number of unbranched alkanes of at least 4 members (excludes halogenated alkanes) is 2. The molecular weight excluding hydrogens is 454 g/mol. The molecule has 1 unspecified atom stereocenters. The average Bonchev–Trinajstić information content (AvgIpc) is 3.17. The Morgan fingerprint density at radius 2 is 1.64 bits per heavy atom. The van der Waals surface area contributed by atoms with Crippen molar-refractivity contribution in [2.75, 3.05) is 30.5 Å². The number of pyridine rings is 1. The van der Waals surface area contributed by atoms with Gasteiger partial charge in [0.05, 0.1) is 18.2 Å². The molecule has 1 N–H and O–H groups in total. The van der Waals surface area contributed by atoms with Crippen LogP contribution in [0.5, 0.6) is 5.75 Å². The van der Waals surface area contributed by atoms with E-state index in [1.54, 1.807) is 60.9 Å². The summed E-state index contributed by atoms with van der Waals surface area (Å²) >= 11 is 0. The zero-order chi connectivity index (χ0) is 25.7. The summed E-state index contributed by atoms with van der Waals surface area (Å²) in [4.78, 5) is 34.0. The average molecular weight is 486 g/mol. The van der Waals surface area contributed by atoms with Gasteiger partial charge in [-0.3, -0.25) is 19.5 Å². The molecule has 7 nitrogen and oxygen atoms in total. The van der Waals surface area contributed by atoms with Gasteiger partial charge in [-0.25, -0.2) is 0 Å². The molecule has 1 fully saturated rings. The maximum Gasteiger partial charge on any atom is 0.300 e. The number of rotatable bonds is 9. The third kappa shape index (κ3) is 5.10. The summed E-state index contributed by atoms with van der Waals surface area (Å²) in [6.07, 6.45) is 6.41. The van der Waals surface area contributed by atoms with Crippen LogP contribution in [0.4, 0.5) is 11.4 Å². The fourth-order valence-electron chi connectivity index (χ4n) is 4.28. The molecule has 2 aromatic carbocycles. The van der Waals surface area contributed by atoms with Gasteiger partial charge in [0.25, 0.3) is 11.7 Å². The van der Waals surface area contributed by atoms with E-state index in [1.807, 2.05) is 31.1 Å². The van der Waals surface area contributed by atoms with E-state index in [1.165, 1.54) is 4.90 Å². The van der Waals surface area contributed by atoms with Gasteiger partial charge in [0.2, 0.25) is 0 Å². The smallest absolute Gasteiger partial charge is 0.300 e. The SMILES string of the molecule is CCCCCOc1ccc(/C(O)=C2\C(=O)C(=O)N(c3ccc(N(C)C)cc3)C2c2ccncc2)cc1. The van der Waals surface area contributed by atoms with Crippen LogP contribution in [-0.2, 0) is 9.59 Å². The first-order chi connectivity index (χ1) is 17.4. The van der Waals surface area contributed by atoms with Gasteiger partial charge in [0, 0.05) is 43.4 Å². The van der Waals surface area contributed by atoms with Crippen LogP contribution in [0.25, 0.3) is 5.76 Å². The number of hydrogen-bond donors (Lipinski definition) is 1. The number of benzene rings is 2. The van der Waals surface area contributed by atoms with Gasteiger partial charge in [-0.05, 0) is 72.6 Å². The van der Waals surface area contributed by atoms with Crippen molar-refractivity contribution in [1.29, 1.82) is 0 Å². The van der Waals surface area contributed by atoms with E-state index in [9.17, 15) is 14.7 Å². The molecule has 36 heavy (non-hydrogen) atoms.